The zero-order valence-corrected chi connectivity index (χ0v) is 9.76. The molecule has 0 radical (unpaired) electrons. The van der Waals surface area contributed by atoms with Crippen molar-refractivity contribution in [1.82, 2.24) is 0 Å². The maximum absolute atomic E-state index is 10.8. The third-order valence-electron chi connectivity index (χ3n) is 2.23. The summed E-state index contributed by atoms with van der Waals surface area (Å²) in [5.74, 6) is -1.22. The third kappa shape index (κ3) is 4.14. The predicted octanol–water partition coefficient (Wildman–Crippen LogP) is 3.01. The van der Waals surface area contributed by atoms with Crippen LogP contribution in [0, 0.1) is 10.1 Å². The molecule has 1 aromatic rings. The molecule has 1 N–H and O–H groups in total. The van der Waals surface area contributed by atoms with E-state index in [1.165, 1.54) is 18.2 Å². The number of carbonyl (C=O) groups is 1. The second-order valence-electron chi connectivity index (χ2n) is 3.48. The maximum atomic E-state index is 10.8. The molecule has 0 aliphatic heterocycles. The van der Waals surface area contributed by atoms with Crippen LogP contribution in [0.15, 0.2) is 29.4 Å². The molecule has 0 saturated carbocycles. The van der Waals surface area contributed by atoms with Crippen molar-refractivity contribution in [3.63, 3.8) is 0 Å². The smallest absolute Gasteiger partial charge is 0.335 e. The van der Waals surface area contributed by atoms with Gasteiger partial charge in [0.2, 0.25) is 0 Å². The Hall–Kier alpha value is -2.86. The first-order valence-electron chi connectivity index (χ1n) is 5.25. The van der Waals surface area contributed by atoms with Crippen LogP contribution in [0.4, 0.5) is 5.69 Å². The Labute approximate surface area is 107 Å². The van der Waals surface area contributed by atoms with Crippen LogP contribution < -0.4 is 0 Å². The van der Waals surface area contributed by atoms with Gasteiger partial charge in [-0.2, -0.15) is 0 Å². The van der Waals surface area contributed by atoms with Crippen molar-refractivity contribution in [2.45, 2.75) is 6.42 Å². The lowest BCUT2D eigenvalue weighted by Gasteiger charge is -1.99. The van der Waals surface area contributed by atoms with Crippen LogP contribution >= 0.6 is 0 Å². The van der Waals surface area contributed by atoms with Gasteiger partial charge in [0.15, 0.2) is 0 Å². The summed E-state index contributed by atoms with van der Waals surface area (Å²) in [7, 11) is 0. The summed E-state index contributed by atoms with van der Waals surface area (Å²) < 4.78 is 0. The fraction of sp³-hybridized carbons (Fsp3) is 0.182. The van der Waals surface area contributed by atoms with Gasteiger partial charge in [-0.1, -0.05) is 17.3 Å². The van der Waals surface area contributed by atoms with Crippen LogP contribution in [-0.4, -0.2) is 22.5 Å². The summed E-state index contributed by atoms with van der Waals surface area (Å²) in [4.78, 5) is 23.5. The highest BCUT2D eigenvalue weighted by atomic mass is 16.6. The Morgan fingerprint density at radius 3 is 2.89 bits per heavy atom. The van der Waals surface area contributed by atoms with E-state index in [9.17, 15) is 14.9 Å². The van der Waals surface area contributed by atoms with Crippen molar-refractivity contribution in [3.05, 3.63) is 56.0 Å². The molecule has 0 aliphatic carbocycles. The zero-order valence-electron chi connectivity index (χ0n) is 9.76. The van der Waals surface area contributed by atoms with Gasteiger partial charge < -0.3 is 5.11 Å². The predicted molar refractivity (Wildman–Crippen MR) is 67.7 cm³/mol. The van der Waals surface area contributed by atoms with E-state index in [0.29, 0.717) is 12.0 Å². The van der Waals surface area contributed by atoms with Crippen molar-refractivity contribution in [2.75, 3.05) is 6.54 Å². The van der Waals surface area contributed by atoms with E-state index < -0.39 is 10.9 Å². The maximum Gasteiger partial charge on any atom is 0.335 e. The average molecular weight is 262 g/mol. The molecule has 1 rings (SSSR count). The number of nitro groups is 1. The van der Waals surface area contributed by atoms with E-state index in [0.717, 1.165) is 6.07 Å². The highest BCUT2D eigenvalue weighted by molar-refractivity contribution is 5.89. The first-order valence-corrected chi connectivity index (χ1v) is 5.25. The molecule has 0 aromatic heterocycles. The molecule has 0 fully saturated rings. The molecule has 1 aromatic carbocycles. The highest BCUT2D eigenvalue weighted by Crippen LogP contribution is 2.22. The number of nitrogens with zero attached hydrogens (tertiary/aromatic N) is 4. The second kappa shape index (κ2) is 6.77. The molecule has 0 amide bonds. The zero-order chi connectivity index (χ0) is 14.3. The molecule has 98 valence electrons. The van der Waals surface area contributed by atoms with Crippen molar-refractivity contribution < 1.29 is 14.8 Å². The molecule has 0 aliphatic rings. The van der Waals surface area contributed by atoms with Gasteiger partial charge in [0.1, 0.15) is 0 Å². The standard InChI is InChI=1S/C11H10N4O4/c12-14-13-6-2-1-3-8-4-5-9(11(16)17)7-10(8)15(18)19/h1,3-5,7H,2,6H2,(H,16,17). The van der Waals surface area contributed by atoms with Crippen LogP contribution in [0.3, 0.4) is 0 Å². The Kier molecular flexibility index (Phi) is 5.06. The van der Waals surface area contributed by atoms with Crippen molar-refractivity contribution >= 4 is 17.7 Å². The van der Waals surface area contributed by atoms with Crippen molar-refractivity contribution in [1.29, 1.82) is 0 Å². The van der Waals surface area contributed by atoms with Crippen LogP contribution in [0.2, 0.25) is 0 Å². The topological polar surface area (TPSA) is 129 Å². The van der Waals surface area contributed by atoms with Crippen LogP contribution in [0.25, 0.3) is 16.5 Å². The van der Waals surface area contributed by atoms with E-state index in [-0.39, 0.29) is 17.8 Å². The lowest BCUT2D eigenvalue weighted by molar-refractivity contribution is -0.385. The van der Waals surface area contributed by atoms with Gasteiger partial charge in [0.05, 0.1) is 16.1 Å². The first-order chi connectivity index (χ1) is 9.06. The minimum Gasteiger partial charge on any atom is -0.478 e. The number of benzene rings is 1. The highest BCUT2D eigenvalue weighted by Gasteiger charge is 2.15. The molecule has 0 heterocycles. The van der Waals surface area contributed by atoms with E-state index in [1.807, 2.05) is 0 Å². The number of hydrogen-bond donors (Lipinski definition) is 1. The molecule has 19 heavy (non-hydrogen) atoms. The summed E-state index contributed by atoms with van der Waals surface area (Å²) in [6.45, 7) is 0.258. The van der Waals surface area contributed by atoms with E-state index in [2.05, 4.69) is 10.0 Å². The van der Waals surface area contributed by atoms with Gasteiger partial charge in [-0.05, 0) is 24.1 Å². The molecule has 0 spiro atoms. The number of azide groups is 1. The molecule has 8 nitrogen and oxygen atoms in total. The number of aromatic carboxylic acids is 1. The number of nitro benzene ring substituents is 1. The lowest BCUT2D eigenvalue weighted by atomic mass is 10.1. The molecule has 0 atom stereocenters. The van der Waals surface area contributed by atoms with Gasteiger partial charge in [0, 0.05) is 17.5 Å². The Bertz CT molecular complexity index is 576. The molecule has 8 heteroatoms. The summed E-state index contributed by atoms with van der Waals surface area (Å²) in [6.07, 6.45) is 3.57. The summed E-state index contributed by atoms with van der Waals surface area (Å²) in [5, 5.41) is 22.9. The average Bonchev–Trinajstić information content (AvgIpc) is 2.38. The minimum absolute atomic E-state index is 0.141. The van der Waals surface area contributed by atoms with E-state index in [4.69, 9.17) is 10.6 Å². The summed E-state index contributed by atoms with van der Waals surface area (Å²) >= 11 is 0. The molecule has 0 unspecified atom stereocenters. The fourth-order valence-corrected chi connectivity index (χ4v) is 1.36. The SMILES string of the molecule is [N-]=[N+]=NCCC=Cc1ccc(C(=O)O)cc1[N+](=O)[O-]. The largest absolute Gasteiger partial charge is 0.478 e. The number of carboxylic acids is 1. The summed E-state index contributed by atoms with van der Waals surface area (Å²) in [6, 6.07) is 3.67. The van der Waals surface area contributed by atoms with Gasteiger partial charge in [-0.15, -0.1) is 0 Å². The summed E-state index contributed by atoms with van der Waals surface area (Å²) in [5.41, 5.74) is 7.95. The van der Waals surface area contributed by atoms with Crippen LogP contribution in [0.1, 0.15) is 22.3 Å². The minimum atomic E-state index is -1.22. The van der Waals surface area contributed by atoms with Gasteiger partial charge in [0.25, 0.3) is 5.69 Å². The molecular formula is C11H10N4O4. The van der Waals surface area contributed by atoms with Crippen LogP contribution in [0.5, 0.6) is 0 Å². The first kappa shape index (κ1) is 14.2. The van der Waals surface area contributed by atoms with Gasteiger partial charge in [-0.3, -0.25) is 10.1 Å². The quantitative estimate of drug-likeness (QED) is 0.211. The number of carboxylic acid groups (broad SMARTS) is 1. The van der Waals surface area contributed by atoms with Crippen LogP contribution in [-0.2, 0) is 0 Å². The van der Waals surface area contributed by atoms with E-state index in [1.54, 1.807) is 6.08 Å². The van der Waals surface area contributed by atoms with Gasteiger partial charge >= 0.3 is 5.97 Å². The Balaban J connectivity index is 2.97. The molecule has 0 saturated heterocycles. The lowest BCUT2D eigenvalue weighted by Crippen LogP contribution is -1.99. The fourth-order valence-electron chi connectivity index (χ4n) is 1.36. The normalized spacial score (nSPS) is 10.1. The monoisotopic (exact) mass is 262 g/mol. The van der Waals surface area contributed by atoms with Crippen molar-refractivity contribution in [2.24, 2.45) is 5.11 Å². The molecule has 0 bridgehead atoms. The van der Waals surface area contributed by atoms with Crippen molar-refractivity contribution in [3.8, 4) is 0 Å². The second-order valence-corrected chi connectivity index (χ2v) is 3.48. The number of rotatable bonds is 6. The Morgan fingerprint density at radius 1 is 1.58 bits per heavy atom. The Morgan fingerprint density at radius 2 is 2.32 bits per heavy atom. The third-order valence-corrected chi connectivity index (χ3v) is 2.23. The number of hydrogen-bond acceptors (Lipinski definition) is 4. The van der Waals surface area contributed by atoms with Gasteiger partial charge in [-0.25, -0.2) is 4.79 Å². The molecular weight excluding hydrogens is 252 g/mol. The van der Waals surface area contributed by atoms with E-state index >= 15 is 0 Å².